The summed E-state index contributed by atoms with van der Waals surface area (Å²) in [6.07, 6.45) is 0.759. The van der Waals surface area contributed by atoms with Crippen LogP contribution in [-0.2, 0) is 4.84 Å². The molecule has 2 rings (SSSR count). The molecule has 0 bridgehead atoms. The monoisotopic (exact) mass is 213 g/mol. The molecule has 1 aliphatic heterocycles. The molecule has 1 heterocycles. The van der Waals surface area contributed by atoms with Crippen molar-refractivity contribution in [1.82, 2.24) is 5.06 Å². The molecule has 15 heavy (non-hydrogen) atoms. The molecule has 0 atom stereocenters. The van der Waals surface area contributed by atoms with Gasteiger partial charge in [0, 0.05) is 5.56 Å². The number of benzene rings is 1. The molecule has 1 amide bonds. The number of rotatable bonds is 1. The zero-order valence-corrected chi connectivity index (χ0v) is 7.87. The van der Waals surface area contributed by atoms with Crippen molar-refractivity contribution in [3.63, 3.8) is 0 Å². The number of hydroxylamine groups is 2. The smallest absolute Gasteiger partial charge is 0.271 e. The first-order chi connectivity index (χ1) is 7.18. The number of carbonyl (C=O) groups excluding carboxylic acids is 1. The number of halogens is 2. The van der Waals surface area contributed by atoms with Gasteiger partial charge >= 0.3 is 0 Å². The summed E-state index contributed by atoms with van der Waals surface area (Å²) in [6.45, 7) is 0.966. The van der Waals surface area contributed by atoms with E-state index in [1.165, 1.54) is 6.07 Å². The second kappa shape index (κ2) is 3.94. The van der Waals surface area contributed by atoms with E-state index in [-0.39, 0.29) is 5.56 Å². The van der Waals surface area contributed by atoms with E-state index < -0.39 is 17.5 Å². The maximum absolute atomic E-state index is 12.8. The Balaban J connectivity index is 2.21. The lowest BCUT2D eigenvalue weighted by Crippen LogP contribution is -2.26. The minimum absolute atomic E-state index is 0.0933. The van der Waals surface area contributed by atoms with E-state index in [1.807, 2.05) is 0 Å². The normalized spacial score (nSPS) is 15.7. The van der Waals surface area contributed by atoms with Gasteiger partial charge in [0.2, 0.25) is 0 Å². The van der Waals surface area contributed by atoms with Crippen LogP contribution >= 0.6 is 0 Å². The van der Waals surface area contributed by atoms with Gasteiger partial charge in [0.15, 0.2) is 11.6 Å². The lowest BCUT2D eigenvalue weighted by atomic mass is 10.2. The molecule has 0 saturated carbocycles. The van der Waals surface area contributed by atoms with Crippen LogP contribution in [0, 0.1) is 11.6 Å². The van der Waals surface area contributed by atoms with Gasteiger partial charge in [-0.15, -0.1) is 0 Å². The summed E-state index contributed by atoms with van der Waals surface area (Å²) in [7, 11) is 0. The van der Waals surface area contributed by atoms with Crippen molar-refractivity contribution in [2.45, 2.75) is 6.42 Å². The second-order valence-electron chi connectivity index (χ2n) is 3.22. The summed E-state index contributed by atoms with van der Waals surface area (Å²) < 4.78 is 25.4. The molecule has 1 aromatic carbocycles. The summed E-state index contributed by atoms with van der Waals surface area (Å²) in [5.74, 6) is -2.43. The molecule has 1 aliphatic rings. The first-order valence-corrected chi connectivity index (χ1v) is 4.58. The average molecular weight is 213 g/mol. The third kappa shape index (κ3) is 1.97. The van der Waals surface area contributed by atoms with E-state index in [0.717, 1.165) is 23.6 Å². The molecule has 0 N–H and O–H groups in total. The zero-order valence-electron chi connectivity index (χ0n) is 7.87. The number of hydrogen-bond donors (Lipinski definition) is 0. The maximum Gasteiger partial charge on any atom is 0.277 e. The summed E-state index contributed by atoms with van der Waals surface area (Å²) in [4.78, 5) is 16.6. The van der Waals surface area contributed by atoms with Gasteiger partial charge in [0.25, 0.3) is 5.91 Å². The third-order valence-corrected chi connectivity index (χ3v) is 2.15. The Morgan fingerprint density at radius 2 is 2.13 bits per heavy atom. The highest BCUT2D eigenvalue weighted by Crippen LogP contribution is 2.14. The fourth-order valence-corrected chi connectivity index (χ4v) is 1.38. The number of carbonyl (C=O) groups is 1. The van der Waals surface area contributed by atoms with Crippen LogP contribution in [0.4, 0.5) is 8.78 Å². The Morgan fingerprint density at radius 1 is 1.33 bits per heavy atom. The van der Waals surface area contributed by atoms with Crippen molar-refractivity contribution >= 4 is 5.91 Å². The SMILES string of the molecule is O=C(c1ccc(F)c(F)c1)N1CCCO1. The molecule has 1 fully saturated rings. The van der Waals surface area contributed by atoms with Crippen LogP contribution in [0.2, 0.25) is 0 Å². The van der Waals surface area contributed by atoms with Crippen LogP contribution in [0.3, 0.4) is 0 Å². The molecule has 3 nitrogen and oxygen atoms in total. The predicted octanol–water partition coefficient (Wildman–Crippen LogP) is 1.74. The average Bonchev–Trinajstić information content (AvgIpc) is 2.74. The summed E-state index contributed by atoms with van der Waals surface area (Å²) in [5.41, 5.74) is 0.0933. The third-order valence-electron chi connectivity index (χ3n) is 2.15. The molecule has 1 aromatic rings. The van der Waals surface area contributed by atoms with E-state index in [0.29, 0.717) is 13.2 Å². The van der Waals surface area contributed by atoms with Crippen LogP contribution in [-0.4, -0.2) is 24.1 Å². The minimum atomic E-state index is -1.03. The van der Waals surface area contributed by atoms with Crippen molar-refractivity contribution in [3.05, 3.63) is 35.4 Å². The molecule has 5 heteroatoms. The fourth-order valence-electron chi connectivity index (χ4n) is 1.38. The molecule has 80 valence electrons. The van der Waals surface area contributed by atoms with Crippen molar-refractivity contribution in [2.24, 2.45) is 0 Å². The largest absolute Gasteiger partial charge is 0.277 e. The van der Waals surface area contributed by atoms with Crippen LogP contribution in [0.5, 0.6) is 0 Å². The van der Waals surface area contributed by atoms with Gasteiger partial charge in [-0.05, 0) is 24.6 Å². The van der Waals surface area contributed by atoms with Gasteiger partial charge < -0.3 is 0 Å². The quantitative estimate of drug-likeness (QED) is 0.711. The highest BCUT2D eigenvalue weighted by atomic mass is 19.2. The van der Waals surface area contributed by atoms with Gasteiger partial charge in [0.05, 0.1) is 13.2 Å². The highest BCUT2D eigenvalue weighted by Gasteiger charge is 2.21. The summed E-state index contributed by atoms with van der Waals surface area (Å²) in [6, 6.07) is 3.04. The van der Waals surface area contributed by atoms with Gasteiger partial charge in [-0.2, -0.15) is 0 Å². The zero-order chi connectivity index (χ0) is 10.8. The molecule has 1 saturated heterocycles. The number of nitrogens with zero attached hydrogens (tertiary/aromatic N) is 1. The van der Waals surface area contributed by atoms with Crippen molar-refractivity contribution in [3.8, 4) is 0 Å². The van der Waals surface area contributed by atoms with E-state index in [1.54, 1.807) is 0 Å². The van der Waals surface area contributed by atoms with Gasteiger partial charge in [-0.25, -0.2) is 13.8 Å². The van der Waals surface area contributed by atoms with Crippen LogP contribution < -0.4 is 0 Å². The number of hydrogen-bond acceptors (Lipinski definition) is 2. The van der Waals surface area contributed by atoms with Gasteiger partial charge in [0.1, 0.15) is 0 Å². The lowest BCUT2D eigenvalue weighted by Gasteiger charge is -2.13. The predicted molar refractivity (Wildman–Crippen MR) is 48.0 cm³/mol. The fraction of sp³-hybridized carbons (Fsp3) is 0.300. The molecule has 0 aliphatic carbocycles. The Hall–Kier alpha value is -1.49. The first-order valence-electron chi connectivity index (χ1n) is 4.58. The topological polar surface area (TPSA) is 29.5 Å². The van der Waals surface area contributed by atoms with E-state index >= 15 is 0 Å². The Labute approximate surface area is 85.2 Å². The first kappa shape index (κ1) is 10.0. The second-order valence-corrected chi connectivity index (χ2v) is 3.22. The molecular weight excluding hydrogens is 204 g/mol. The van der Waals surface area contributed by atoms with Gasteiger partial charge in [-0.1, -0.05) is 0 Å². The summed E-state index contributed by atoms with van der Waals surface area (Å²) >= 11 is 0. The molecule has 0 aromatic heterocycles. The molecule has 0 radical (unpaired) electrons. The van der Waals surface area contributed by atoms with Crippen molar-refractivity contribution in [1.29, 1.82) is 0 Å². The Kier molecular flexibility index (Phi) is 2.64. The van der Waals surface area contributed by atoms with Crippen LogP contribution in [0.15, 0.2) is 18.2 Å². The molecular formula is C10H9F2NO2. The number of amides is 1. The van der Waals surface area contributed by atoms with Crippen LogP contribution in [0.1, 0.15) is 16.8 Å². The highest BCUT2D eigenvalue weighted by molar-refractivity contribution is 5.93. The summed E-state index contributed by atoms with van der Waals surface area (Å²) in [5, 5.41) is 1.16. The molecule has 0 unspecified atom stereocenters. The molecule has 0 spiro atoms. The van der Waals surface area contributed by atoms with E-state index in [9.17, 15) is 13.6 Å². The minimum Gasteiger partial charge on any atom is -0.271 e. The lowest BCUT2D eigenvalue weighted by molar-refractivity contribution is -0.0768. The Morgan fingerprint density at radius 3 is 2.73 bits per heavy atom. The van der Waals surface area contributed by atoms with Crippen LogP contribution in [0.25, 0.3) is 0 Å². The van der Waals surface area contributed by atoms with Crippen molar-refractivity contribution < 1.29 is 18.4 Å². The standard InChI is InChI=1S/C10H9F2NO2/c11-8-3-2-7(6-9(8)12)10(14)13-4-1-5-15-13/h2-3,6H,1,4-5H2. The van der Waals surface area contributed by atoms with E-state index in [4.69, 9.17) is 4.84 Å². The Bertz CT molecular complexity index is 389. The van der Waals surface area contributed by atoms with Crippen molar-refractivity contribution in [2.75, 3.05) is 13.2 Å². The van der Waals surface area contributed by atoms with Gasteiger partial charge in [-0.3, -0.25) is 9.63 Å². The van der Waals surface area contributed by atoms with E-state index in [2.05, 4.69) is 0 Å². The maximum atomic E-state index is 12.8.